The molecule has 1 aromatic heterocycles. The molecule has 0 saturated carbocycles. The Morgan fingerprint density at radius 3 is 2.69 bits per heavy atom. The molecule has 1 saturated heterocycles. The molecule has 9 heteroatoms. The van der Waals surface area contributed by atoms with E-state index in [1.807, 2.05) is 0 Å². The Labute approximate surface area is 150 Å². The van der Waals surface area contributed by atoms with E-state index < -0.39 is 17.5 Å². The van der Waals surface area contributed by atoms with E-state index in [0.717, 1.165) is 23.9 Å². The number of benzene rings is 2. The fourth-order valence-corrected chi connectivity index (χ4v) is 3.31. The topological polar surface area (TPSA) is 75.2 Å². The van der Waals surface area contributed by atoms with Crippen molar-refractivity contribution in [3.63, 3.8) is 0 Å². The highest BCUT2D eigenvalue weighted by Gasteiger charge is 2.36. The first kappa shape index (κ1) is 16.5. The van der Waals surface area contributed by atoms with Crippen LogP contribution in [0.3, 0.4) is 0 Å². The smallest absolute Gasteiger partial charge is 0.254 e. The summed E-state index contributed by atoms with van der Waals surface area (Å²) in [5.41, 5.74) is 1.96. The first-order chi connectivity index (χ1) is 12.5. The van der Waals surface area contributed by atoms with Crippen LogP contribution in [-0.2, 0) is 4.79 Å². The Morgan fingerprint density at radius 1 is 1.12 bits per heavy atom. The van der Waals surface area contributed by atoms with Crippen LogP contribution in [0.4, 0.5) is 14.5 Å². The van der Waals surface area contributed by atoms with Gasteiger partial charge in [-0.3, -0.25) is 9.59 Å². The minimum Gasteiger partial charge on any atom is -0.337 e. The fourth-order valence-electron chi connectivity index (χ4n) is 2.76. The molecule has 0 atom stereocenters. The predicted octanol–water partition coefficient (Wildman–Crippen LogP) is 2.68. The number of carbonyl (C=O) groups is 2. The van der Waals surface area contributed by atoms with Crippen LogP contribution >= 0.6 is 11.7 Å². The summed E-state index contributed by atoms with van der Waals surface area (Å²) in [5.74, 6) is -3.10. The van der Waals surface area contributed by atoms with E-state index in [0.29, 0.717) is 16.7 Å². The third kappa shape index (κ3) is 2.90. The molecule has 26 heavy (non-hydrogen) atoms. The molecular weight excluding hydrogens is 362 g/mol. The first-order valence-electron chi connectivity index (χ1n) is 7.79. The maximum Gasteiger partial charge on any atom is 0.254 e. The van der Waals surface area contributed by atoms with Gasteiger partial charge in [0.05, 0.1) is 23.3 Å². The third-order valence-corrected chi connectivity index (χ3v) is 4.79. The van der Waals surface area contributed by atoms with Gasteiger partial charge in [0.1, 0.15) is 11.0 Å². The standard InChI is InChI=1S/C17H12F2N4O2S/c18-11-5-4-9(6-12(11)19)17(25)23-7-10(8-23)16(24)20-13-2-1-3-14-15(13)22-26-21-14/h1-6,10H,7-8H2,(H,20,24). The van der Waals surface area contributed by atoms with Gasteiger partial charge in [0.15, 0.2) is 11.6 Å². The van der Waals surface area contributed by atoms with E-state index in [1.54, 1.807) is 18.2 Å². The number of hydrogen-bond donors (Lipinski definition) is 1. The van der Waals surface area contributed by atoms with E-state index in [1.165, 1.54) is 11.0 Å². The Balaban J connectivity index is 1.39. The summed E-state index contributed by atoms with van der Waals surface area (Å²) in [7, 11) is 0. The second-order valence-electron chi connectivity index (χ2n) is 5.96. The Hall–Kier alpha value is -2.94. The highest BCUT2D eigenvalue weighted by molar-refractivity contribution is 7.00. The van der Waals surface area contributed by atoms with Gasteiger partial charge in [0.25, 0.3) is 5.91 Å². The van der Waals surface area contributed by atoms with E-state index in [2.05, 4.69) is 14.1 Å². The van der Waals surface area contributed by atoms with Crippen molar-refractivity contribution in [3.8, 4) is 0 Å². The zero-order valence-corrected chi connectivity index (χ0v) is 14.1. The molecule has 1 N–H and O–H groups in total. The molecule has 0 bridgehead atoms. The average Bonchev–Trinajstić information content (AvgIpc) is 3.05. The van der Waals surface area contributed by atoms with Crippen LogP contribution in [0, 0.1) is 17.6 Å². The molecule has 4 rings (SSSR count). The van der Waals surface area contributed by atoms with Crippen LogP contribution in [0.2, 0.25) is 0 Å². The molecule has 0 spiro atoms. The predicted molar refractivity (Wildman–Crippen MR) is 91.8 cm³/mol. The number of likely N-dealkylation sites (tertiary alicyclic amines) is 1. The summed E-state index contributed by atoms with van der Waals surface area (Å²) in [6, 6.07) is 8.32. The van der Waals surface area contributed by atoms with Crippen molar-refractivity contribution in [2.24, 2.45) is 5.92 Å². The van der Waals surface area contributed by atoms with Crippen LogP contribution in [0.25, 0.3) is 11.0 Å². The number of rotatable bonds is 3. The van der Waals surface area contributed by atoms with Crippen molar-refractivity contribution in [1.29, 1.82) is 0 Å². The van der Waals surface area contributed by atoms with Crippen molar-refractivity contribution in [2.45, 2.75) is 0 Å². The maximum atomic E-state index is 13.3. The summed E-state index contributed by atoms with van der Waals surface area (Å²) >= 11 is 1.06. The van der Waals surface area contributed by atoms with Crippen LogP contribution in [0.1, 0.15) is 10.4 Å². The average molecular weight is 374 g/mol. The number of anilines is 1. The maximum absolute atomic E-state index is 13.3. The second kappa shape index (κ2) is 6.41. The van der Waals surface area contributed by atoms with Gasteiger partial charge >= 0.3 is 0 Å². The van der Waals surface area contributed by atoms with E-state index >= 15 is 0 Å². The Bertz CT molecular complexity index is 1020. The molecule has 1 aliphatic rings. The first-order valence-corrected chi connectivity index (χ1v) is 8.52. The van der Waals surface area contributed by atoms with Gasteiger partial charge in [-0.2, -0.15) is 8.75 Å². The van der Waals surface area contributed by atoms with Gasteiger partial charge in [-0.05, 0) is 30.3 Å². The molecule has 1 fully saturated rings. The van der Waals surface area contributed by atoms with Gasteiger partial charge in [-0.25, -0.2) is 8.78 Å². The number of amides is 2. The molecule has 2 aromatic carbocycles. The number of aromatic nitrogens is 2. The Morgan fingerprint density at radius 2 is 1.92 bits per heavy atom. The van der Waals surface area contributed by atoms with Crippen molar-refractivity contribution < 1.29 is 18.4 Å². The van der Waals surface area contributed by atoms with Crippen LogP contribution in [0.5, 0.6) is 0 Å². The van der Waals surface area contributed by atoms with E-state index in [-0.39, 0.29) is 30.5 Å². The molecule has 0 unspecified atom stereocenters. The van der Waals surface area contributed by atoms with Crippen LogP contribution in [0.15, 0.2) is 36.4 Å². The number of nitrogens with one attached hydrogen (secondary N) is 1. The van der Waals surface area contributed by atoms with Crippen LogP contribution in [-0.4, -0.2) is 38.6 Å². The van der Waals surface area contributed by atoms with E-state index in [9.17, 15) is 18.4 Å². The summed E-state index contributed by atoms with van der Waals surface area (Å²) in [6.07, 6.45) is 0. The fraction of sp³-hybridized carbons (Fsp3) is 0.176. The highest BCUT2D eigenvalue weighted by Crippen LogP contribution is 2.25. The van der Waals surface area contributed by atoms with Gasteiger partial charge in [-0.1, -0.05) is 6.07 Å². The third-order valence-electron chi connectivity index (χ3n) is 4.25. The number of nitrogens with zero attached hydrogens (tertiary/aromatic N) is 3. The molecule has 132 valence electrons. The Kier molecular flexibility index (Phi) is 4.08. The van der Waals surface area contributed by atoms with Gasteiger partial charge < -0.3 is 10.2 Å². The van der Waals surface area contributed by atoms with Crippen LogP contribution < -0.4 is 5.32 Å². The van der Waals surface area contributed by atoms with Gasteiger partial charge in [-0.15, -0.1) is 0 Å². The minimum absolute atomic E-state index is 0.0565. The van der Waals surface area contributed by atoms with Crippen molar-refractivity contribution >= 4 is 40.3 Å². The molecule has 6 nitrogen and oxygen atoms in total. The van der Waals surface area contributed by atoms with Crippen molar-refractivity contribution in [1.82, 2.24) is 13.6 Å². The number of halogens is 2. The molecule has 1 aliphatic heterocycles. The second-order valence-corrected chi connectivity index (χ2v) is 6.49. The highest BCUT2D eigenvalue weighted by atomic mass is 32.1. The quantitative estimate of drug-likeness (QED) is 0.765. The normalized spacial score (nSPS) is 14.3. The lowest BCUT2D eigenvalue weighted by molar-refractivity contribution is -0.123. The molecule has 2 heterocycles. The number of carbonyl (C=O) groups excluding carboxylic acids is 2. The zero-order chi connectivity index (χ0) is 18.3. The summed E-state index contributed by atoms with van der Waals surface area (Å²) in [6.45, 7) is 0.434. The minimum atomic E-state index is -1.07. The molecule has 2 amide bonds. The lowest BCUT2D eigenvalue weighted by Gasteiger charge is -2.38. The summed E-state index contributed by atoms with van der Waals surface area (Å²) in [4.78, 5) is 26.0. The SMILES string of the molecule is O=C(Nc1cccc2nsnc12)C1CN(C(=O)c2ccc(F)c(F)c2)C1. The monoisotopic (exact) mass is 374 g/mol. The summed E-state index contributed by atoms with van der Waals surface area (Å²) in [5, 5.41) is 2.81. The van der Waals surface area contributed by atoms with Crippen molar-refractivity contribution in [3.05, 3.63) is 53.6 Å². The zero-order valence-electron chi connectivity index (χ0n) is 13.3. The number of fused-ring (bicyclic) bond motifs is 1. The van der Waals surface area contributed by atoms with Gasteiger partial charge in [0.2, 0.25) is 5.91 Å². The molecule has 3 aromatic rings. The van der Waals surface area contributed by atoms with E-state index in [4.69, 9.17) is 0 Å². The molecule has 0 aliphatic carbocycles. The largest absolute Gasteiger partial charge is 0.337 e. The molecule has 0 radical (unpaired) electrons. The lowest BCUT2D eigenvalue weighted by Crippen LogP contribution is -2.54. The number of hydrogen-bond acceptors (Lipinski definition) is 5. The lowest BCUT2D eigenvalue weighted by atomic mass is 9.97. The molecular formula is C17H12F2N4O2S. The van der Waals surface area contributed by atoms with Gasteiger partial charge in [0, 0.05) is 18.7 Å². The summed E-state index contributed by atoms with van der Waals surface area (Å²) < 4.78 is 34.5. The van der Waals surface area contributed by atoms with Crippen molar-refractivity contribution in [2.75, 3.05) is 18.4 Å².